The molecule has 0 spiro atoms. The number of H-pyrrole nitrogens is 2. The number of aromatic nitrogens is 4. The smallest absolute Gasteiger partial charge is 0.418 e. The van der Waals surface area contributed by atoms with E-state index in [4.69, 9.17) is 5.73 Å². The van der Waals surface area contributed by atoms with Crippen molar-refractivity contribution in [1.82, 2.24) is 15.0 Å². The predicted molar refractivity (Wildman–Crippen MR) is 57.2 cm³/mol. The third-order valence-corrected chi connectivity index (χ3v) is 1.90. The van der Waals surface area contributed by atoms with Crippen molar-refractivity contribution in [2.45, 2.75) is 13.5 Å². The first kappa shape index (κ1) is 14.0. The minimum atomic E-state index is -6.00. The van der Waals surface area contributed by atoms with Crippen molar-refractivity contribution < 1.29 is 21.8 Å². The first-order valence-electron chi connectivity index (χ1n) is 4.86. The number of halogens is 4. The summed E-state index contributed by atoms with van der Waals surface area (Å²) >= 11 is 0. The number of fused-ring (bicyclic) bond motifs is 1. The van der Waals surface area contributed by atoms with E-state index in [1.807, 2.05) is 6.92 Å². The number of nitrogens with one attached hydrogen (secondary N) is 2. The molecular formula is C7H10BF4N5O. The van der Waals surface area contributed by atoms with E-state index >= 15 is 0 Å². The lowest BCUT2D eigenvalue weighted by Gasteiger charge is -1.94. The highest BCUT2D eigenvalue weighted by Crippen LogP contribution is 2.06. The van der Waals surface area contributed by atoms with Crippen LogP contribution in [-0.4, -0.2) is 22.2 Å². The Balaban J connectivity index is 0.000000280. The number of aryl methyl sites for hydroxylation is 1. The Hall–Kier alpha value is -2.07. The maximum atomic E-state index is 11.4. The van der Waals surface area contributed by atoms with Crippen molar-refractivity contribution in [3.05, 3.63) is 16.7 Å². The summed E-state index contributed by atoms with van der Waals surface area (Å²) in [4.78, 5) is 20.7. The molecule has 11 heteroatoms. The van der Waals surface area contributed by atoms with Crippen LogP contribution < -0.4 is 15.9 Å². The maximum Gasteiger partial charge on any atom is 0.673 e. The normalized spacial score (nSPS) is 11.2. The number of rotatable bonds is 1. The fourth-order valence-electron chi connectivity index (χ4n) is 1.30. The van der Waals surface area contributed by atoms with Crippen LogP contribution in [-0.2, 0) is 6.54 Å². The molecule has 0 aliphatic heterocycles. The Kier molecular flexibility index (Phi) is 3.94. The van der Waals surface area contributed by atoms with Crippen LogP contribution in [0.1, 0.15) is 6.92 Å². The summed E-state index contributed by atoms with van der Waals surface area (Å²) in [5.74, 6) is 0.127. The zero-order chi connectivity index (χ0) is 13.9. The number of nitrogens with two attached hydrogens (primary N) is 1. The van der Waals surface area contributed by atoms with Crippen LogP contribution in [0.25, 0.3) is 11.2 Å². The third-order valence-electron chi connectivity index (χ3n) is 1.90. The van der Waals surface area contributed by atoms with E-state index in [2.05, 4.69) is 15.0 Å². The summed E-state index contributed by atoms with van der Waals surface area (Å²) in [6, 6.07) is 0. The van der Waals surface area contributed by atoms with Gasteiger partial charge in [0.1, 0.15) is 0 Å². The van der Waals surface area contributed by atoms with E-state index in [0.717, 1.165) is 0 Å². The first-order chi connectivity index (χ1) is 8.22. The van der Waals surface area contributed by atoms with Gasteiger partial charge in [0.2, 0.25) is 12.3 Å². The molecule has 0 unspecified atom stereocenters. The second-order valence-electron chi connectivity index (χ2n) is 3.20. The largest absolute Gasteiger partial charge is 0.673 e. The number of nitrogen functional groups attached to an aromatic ring is 1. The minimum Gasteiger partial charge on any atom is -0.418 e. The zero-order valence-corrected chi connectivity index (χ0v) is 9.25. The average Bonchev–Trinajstić information content (AvgIpc) is 2.57. The Morgan fingerprint density at radius 3 is 2.50 bits per heavy atom. The molecule has 2 rings (SSSR count). The molecular weight excluding hydrogens is 257 g/mol. The number of hydrogen-bond acceptors (Lipinski definition) is 3. The van der Waals surface area contributed by atoms with Crippen LogP contribution in [0.5, 0.6) is 0 Å². The Morgan fingerprint density at radius 2 is 2.00 bits per heavy atom. The summed E-state index contributed by atoms with van der Waals surface area (Å²) in [5.41, 5.74) is 6.20. The molecule has 0 bridgehead atoms. The molecule has 2 aromatic heterocycles. The lowest BCUT2D eigenvalue weighted by molar-refractivity contribution is -0.668. The number of nitrogens with zero attached hydrogens (tertiary/aromatic N) is 2. The van der Waals surface area contributed by atoms with Crippen LogP contribution in [0.4, 0.5) is 23.2 Å². The molecule has 2 aromatic rings. The summed E-state index contributed by atoms with van der Waals surface area (Å²) in [7, 11) is -6.00. The number of hydrogen-bond donors (Lipinski definition) is 3. The molecule has 0 amide bonds. The molecule has 0 aliphatic carbocycles. The fraction of sp³-hybridized carbons (Fsp3) is 0.286. The fourth-order valence-corrected chi connectivity index (χ4v) is 1.30. The number of anilines is 1. The second-order valence-corrected chi connectivity index (χ2v) is 3.20. The third kappa shape index (κ3) is 3.75. The molecule has 0 saturated carbocycles. The highest BCUT2D eigenvalue weighted by Gasteiger charge is 2.20. The van der Waals surface area contributed by atoms with Gasteiger partial charge >= 0.3 is 12.8 Å². The lowest BCUT2D eigenvalue weighted by atomic mass is 10.3. The maximum absolute atomic E-state index is 11.4. The molecule has 0 aromatic carbocycles. The Bertz CT molecular complexity index is 586. The van der Waals surface area contributed by atoms with Gasteiger partial charge in [0.15, 0.2) is 0 Å². The van der Waals surface area contributed by atoms with Crippen LogP contribution in [0.3, 0.4) is 0 Å². The van der Waals surface area contributed by atoms with Gasteiger partial charge in [-0.1, -0.05) is 0 Å². The molecule has 100 valence electrons. The summed E-state index contributed by atoms with van der Waals surface area (Å²) in [6.07, 6.45) is 1.70. The van der Waals surface area contributed by atoms with Gasteiger partial charge in [-0.15, -0.1) is 0 Å². The van der Waals surface area contributed by atoms with Gasteiger partial charge in [-0.2, -0.15) is 4.98 Å². The average molecular weight is 267 g/mol. The molecule has 2 heterocycles. The zero-order valence-electron chi connectivity index (χ0n) is 9.25. The van der Waals surface area contributed by atoms with E-state index in [1.165, 1.54) is 0 Å². The predicted octanol–water partition coefficient (Wildman–Crippen LogP) is 0.441. The molecule has 0 fully saturated rings. The van der Waals surface area contributed by atoms with E-state index in [0.29, 0.717) is 17.7 Å². The second kappa shape index (κ2) is 5.06. The lowest BCUT2D eigenvalue weighted by Crippen LogP contribution is -2.35. The summed E-state index contributed by atoms with van der Waals surface area (Å²) < 4.78 is 40.8. The van der Waals surface area contributed by atoms with Gasteiger partial charge in [-0.05, 0) is 6.92 Å². The topological polar surface area (TPSA) is 91.4 Å². The molecule has 0 radical (unpaired) electrons. The molecule has 0 aliphatic rings. The van der Waals surface area contributed by atoms with Crippen LogP contribution in [0.2, 0.25) is 0 Å². The number of aromatic amines is 2. The van der Waals surface area contributed by atoms with Crippen molar-refractivity contribution in [3.63, 3.8) is 0 Å². The van der Waals surface area contributed by atoms with Gasteiger partial charge in [0, 0.05) is 0 Å². The summed E-state index contributed by atoms with van der Waals surface area (Å²) in [6.45, 7) is 2.66. The number of imidazole rings is 1. The van der Waals surface area contributed by atoms with E-state index < -0.39 is 7.25 Å². The molecule has 18 heavy (non-hydrogen) atoms. The van der Waals surface area contributed by atoms with Gasteiger partial charge < -0.3 is 23.0 Å². The standard InChI is InChI=1S/C7H9N5O.BF4/c1-2-12-3-9-5-4(12)6(13)11-7(8)10-5;2-1(3,4)5/h3H,2H2,1H3,(H3,8,10,11,13);/q;-1/p+1. The minimum absolute atomic E-state index is 0.127. The van der Waals surface area contributed by atoms with Gasteiger partial charge in [0.05, 0.1) is 6.54 Å². The van der Waals surface area contributed by atoms with Gasteiger partial charge in [-0.3, -0.25) is 9.78 Å². The molecule has 0 saturated heterocycles. The van der Waals surface area contributed by atoms with Crippen molar-refractivity contribution in [2.24, 2.45) is 0 Å². The first-order valence-corrected chi connectivity index (χ1v) is 4.86. The highest BCUT2D eigenvalue weighted by molar-refractivity contribution is 6.50. The molecule has 0 atom stereocenters. The van der Waals surface area contributed by atoms with E-state index in [1.54, 1.807) is 10.9 Å². The van der Waals surface area contributed by atoms with Crippen LogP contribution in [0.15, 0.2) is 11.1 Å². The quantitative estimate of drug-likeness (QED) is 0.397. The summed E-state index contributed by atoms with van der Waals surface area (Å²) in [5, 5.41) is 0. The Labute approximate surface area is 97.9 Å². The molecule has 4 N–H and O–H groups in total. The monoisotopic (exact) mass is 267 g/mol. The van der Waals surface area contributed by atoms with E-state index in [9.17, 15) is 22.1 Å². The van der Waals surface area contributed by atoms with Crippen LogP contribution >= 0.6 is 0 Å². The molecule has 6 nitrogen and oxygen atoms in total. The SMILES string of the molecule is CC[n+]1c[nH]c2nc(N)[nH]c(=O)c21.F[B-](F)(F)F. The highest BCUT2D eigenvalue weighted by atomic mass is 19.5. The van der Waals surface area contributed by atoms with Crippen molar-refractivity contribution in [1.29, 1.82) is 0 Å². The van der Waals surface area contributed by atoms with Crippen molar-refractivity contribution in [2.75, 3.05) is 5.73 Å². The van der Waals surface area contributed by atoms with Crippen LogP contribution in [0, 0.1) is 0 Å². The van der Waals surface area contributed by atoms with E-state index in [-0.39, 0.29) is 11.5 Å². The van der Waals surface area contributed by atoms with Gasteiger partial charge in [0.25, 0.3) is 11.2 Å². The van der Waals surface area contributed by atoms with Gasteiger partial charge in [-0.25, -0.2) is 9.55 Å². The van der Waals surface area contributed by atoms with Crippen molar-refractivity contribution >= 4 is 24.4 Å². The Morgan fingerprint density at radius 1 is 1.44 bits per heavy atom. The van der Waals surface area contributed by atoms with Crippen molar-refractivity contribution in [3.8, 4) is 0 Å².